The lowest BCUT2D eigenvalue weighted by Gasteiger charge is -2.44. The van der Waals surface area contributed by atoms with E-state index in [-0.39, 0.29) is 22.6 Å². The van der Waals surface area contributed by atoms with Gasteiger partial charge in [0.1, 0.15) is 0 Å². The molecule has 0 saturated heterocycles. The minimum absolute atomic E-state index is 0.0223. The Morgan fingerprint density at radius 1 is 1.04 bits per heavy atom. The quantitative estimate of drug-likeness (QED) is 0.752. The van der Waals surface area contributed by atoms with Crippen LogP contribution in [0, 0.1) is 0 Å². The largest absolute Gasteiger partial charge is 0.478 e. The van der Waals surface area contributed by atoms with Crippen molar-refractivity contribution in [1.29, 1.82) is 0 Å². The number of hydrogen-bond acceptors (Lipinski definition) is 3. The molecule has 26 heavy (non-hydrogen) atoms. The van der Waals surface area contributed by atoms with Gasteiger partial charge in [0.15, 0.2) is 0 Å². The Kier molecular flexibility index (Phi) is 5.73. The minimum Gasteiger partial charge on any atom is -0.478 e. The first-order valence-corrected chi connectivity index (χ1v) is 9.01. The molecule has 1 aromatic rings. The van der Waals surface area contributed by atoms with Gasteiger partial charge < -0.3 is 15.1 Å². The predicted molar refractivity (Wildman–Crippen MR) is 101 cm³/mol. The van der Waals surface area contributed by atoms with Crippen LogP contribution in [0.1, 0.15) is 39.7 Å². The minimum atomic E-state index is -1.38. The van der Waals surface area contributed by atoms with E-state index >= 15 is 0 Å². The molecular formula is C19H21Cl2NO4. The maximum atomic E-state index is 12.3. The molecule has 0 radical (unpaired) electrons. The fraction of sp³-hybridized carbons (Fsp3) is 0.368. The average molecular weight is 398 g/mol. The third-order valence-electron chi connectivity index (χ3n) is 5.05. The molecule has 0 unspecified atom stereocenters. The second-order valence-electron chi connectivity index (χ2n) is 6.16. The summed E-state index contributed by atoms with van der Waals surface area (Å²) in [6, 6.07) is 4.71. The van der Waals surface area contributed by atoms with Crippen molar-refractivity contribution in [3.8, 4) is 0 Å². The Morgan fingerprint density at radius 3 is 1.88 bits per heavy atom. The Hall–Kier alpha value is -1.98. The second-order valence-corrected chi connectivity index (χ2v) is 7.00. The number of carbonyl (C=O) groups is 2. The number of nitrogens with zero attached hydrogens (tertiary/aromatic N) is 1. The summed E-state index contributed by atoms with van der Waals surface area (Å²) in [7, 11) is 0. The fourth-order valence-corrected chi connectivity index (χ4v) is 4.63. The van der Waals surface area contributed by atoms with Crippen LogP contribution in [0.25, 0.3) is 0 Å². The molecule has 1 aliphatic heterocycles. The summed E-state index contributed by atoms with van der Waals surface area (Å²) in [6.07, 6.45) is 0.226. The molecular weight excluding hydrogens is 377 g/mol. The van der Waals surface area contributed by atoms with Crippen molar-refractivity contribution >= 4 is 35.1 Å². The van der Waals surface area contributed by atoms with Gasteiger partial charge in [-0.3, -0.25) is 0 Å². The van der Waals surface area contributed by atoms with Crippen molar-refractivity contribution in [3.05, 3.63) is 56.3 Å². The first-order valence-electron chi connectivity index (χ1n) is 8.25. The average Bonchev–Trinajstić information content (AvgIpc) is 2.53. The molecule has 2 rings (SSSR count). The SMILES string of the molecule is CCN1C(C)=C(C(=O)O)C(CC)(c2ccc(Cl)cc2Cl)C(C(=O)O)=C1C. The van der Waals surface area contributed by atoms with Gasteiger partial charge in [-0.1, -0.05) is 36.2 Å². The number of carboxylic acid groups (broad SMARTS) is 2. The molecule has 5 nitrogen and oxygen atoms in total. The van der Waals surface area contributed by atoms with E-state index in [1.165, 1.54) is 6.07 Å². The molecule has 0 amide bonds. The Labute approximate surface area is 162 Å². The zero-order valence-electron chi connectivity index (χ0n) is 15.1. The molecule has 7 heteroatoms. The van der Waals surface area contributed by atoms with Crippen molar-refractivity contribution in [2.75, 3.05) is 6.54 Å². The Bertz CT molecular complexity index is 804. The lowest BCUT2D eigenvalue weighted by molar-refractivity contribution is -0.134. The Balaban J connectivity index is 3.03. The molecule has 0 bridgehead atoms. The van der Waals surface area contributed by atoms with E-state index < -0.39 is 17.4 Å². The molecule has 0 spiro atoms. The smallest absolute Gasteiger partial charge is 0.334 e. The second kappa shape index (κ2) is 7.33. The van der Waals surface area contributed by atoms with Crippen molar-refractivity contribution in [3.63, 3.8) is 0 Å². The summed E-state index contributed by atoms with van der Waals surface area (Å²) in [5, 5.41) is 20.7. The monoisotopic (exact) mass is 397 g/mol. The summed E-state index contributed by atoms with van der Waals surface area (Å²) in [6.45, 7) is 7.46. The fourth-order valence-electron chi connectivity index (χ4n) is 4.06. The highest BCUT2D eigenvalue weighted by molar-refractivity contribution is 6.35. The molecule has 2 N–H and O–H groups in total. The Morgan fingerprint density at radius 2 is 1.54 bits per heavy atom. The van der Waals surface area contributed by atoms with Crippen molar-refractivity contribution in [2.24, 2.45) is 0 Å². The van der Waals surface area contributed by atoms with Crippen LogP contribution in [0.15, 0.2) is 40.7 Å². The summed E-state index contributed by atoms with van der Waals surface area (Å²) in [5.41, 5.74) is 0.114. The highest BCUT2D eigenvalue weighted by atomic mass is 35.5. The predicted octanol–water partition coefficient (Wildman–Crippen LogP) is 4.69. The molecule has 140 valence electrons. The number of rotatable bonds is 5. The topological polar surface area (TPSA) is 77.8 Å². The van der Waals surface area contributed by atoms with Gasteiger partial charge in [-0.25, -0.2) is 9.59 Å². The summed E-state index contributed by atoms with van der Waals surface area (Å²) >= 11 is 12.4. The number of benzene rings is 1. The maximum Gasteiger partial charge on any atom is 0.334 e. The molecule has 1 aromatic carbocycles. The molecule has 0 aliphatic carbocycles. The van der Waals surface area contributed by atoms with E-state index in [2.05, 4.69) is 0 Å². The molecule has 0 saturated carbocycles. The number of halogens is 2. The van der Waals surface area contributed by atoms with E-state index in [1.807, 2.05) is 6.92 Å². The van der Waals surface area contributed by atoms with Crippen LogP contribution in [0.5, 0.6) is 0 Å². The molecule has 0 aromatic heterocycles. The number of carboxylic acids is 2. The van der Waals surface area contributed by atoms with Gasteiger partial charge in [0, 0.05) is 28.0 Å². The van der Waals surface area contributed by atoms with E-state index in [1.54, 1.807) is 37.8 Å². The van der Waals surface area contributed by atoms with E-state index in [4.69, 9.17) is 23.2 Å². The molecule has 0 fully saturated rings. The zero-order valence-corrected chi connectivity index (χ0v) is 16.6. The highest BCUT2D eigenvalue weighted by Gasteiger charge is 2.51. The number of hydrogen-bond donors (Lipinski definition) is 2. The van der Waals surface area contributed by atoms with Crippen LogP contribution in [0.4, 0.5) is 0 Å². The van der Waals surface area contributed by atoms with Crippen molar-refractivity contribution < 1.29 is 19.8 Å². The van der Waals surface area contributed by atoms with Gasteiger partial charge in [0.2, 0.25) is 0 Å². The van der Waals surface area contributed by atoms with E-state index in [0.717, 1.165) is 0 Å². The molecule has 1 aliphatic rings. The first kappa shape index (κ1) is 20.3. The molecule has 0 atom stereocenters. The van der Waals surface area contributed by atoms with Crippen LogP contribution < -0.4 is 0 Å². The third kappa shape index (κ3) is 2.89. The van der Waals surface area contributed by atoms with Crippen molar-refractivity contribution in [2.45, 2.75) is 39.5 Å². The molecule has 1 heterocycles. The number of allylic oxidation sites excluding steroid dienone is 2. The van der Waals surface area contributed by atoms with Crippen LogP contribution in [0.2, 0.25) is 10.0 Å². The van der Waals surface area contributed by atoms with E-state index in [0.29, 0.717) is 28.5 Å². The normalized spacial score (nSPS) is 16.9. The van der Waals surface area contributed by atoms with Gasteiger partial charge in [0.05, 0.1) is 16.6 Å². The highest BCUT2D eigenvalue weighted by Crippen LogP contribution is 2.51. The van der Waals surface area contributed by atoms with Gasteiger partial charge in [-0.15, -0.1) is 0 Å². The zero-order chi connectivity index (χ0) is 19.8. The lowest BCUT2D eigenvalue weighted by Crippen LogP contribution is -2.45. The van der Waals surface area contributed by atoms with Crippen molar-refractivity contribution in [1.82, 2.24) is 4.90 Å². The van der Waals surface area contributed by atoms with Crippen LogP contribution >= 0.6 is 23.2 Å². The van der Waals surface area contributed by atoms with Gasteiger partial charge in [-0.2, -0.15) is 0 Å². The lowest BCUT2D eigenvalue weighted by atomic mass is 9.64. The van der Waals surface area contributed by atoms with Gasteiger partial charge >= 0.3 is 11.9 Å². The summed E-state index contributed by atoms with van der Waals surface area (Å²) in [5.74, 6) is -2.33. The van der Waals surface area contributed by atoms with Gasteiger partial charge in [0.25, 0.3) is 0 Å². The maximum absolute atomic E-state index is 12.3. The van der Waals surface area contributed by atoms with Crippen LogP contribution in [-0.4, -0.2) is 33.6 Å². The summed E-state index contributed by atoms with van der Waals surface area (Å²) < 4.78 is 0. The van der Waals surface area contributed by atoms with Gasteiger partial charge in [-0.05, 0) is 44.9 Å². The first-order chi connectivity index (χ1) is 12.1. The van der Waals surface area contributed by atoms with E-state index in [9.17, 15) is 19.8 Å². The third-order valence-corrected chi connectivity index (χ3v) is 5.60. The number of aliphatic carboxylic acids is 2. The standard InChI is InChI=1S/C19H21Cl2NO4/c1-5-19(13-8-7-12(20)9-14(13)21)15(17(23)24)10(3)22(6-2)11(4)16(19)18(25)26/h7-9H,5-6H2,1-4H3,(H,23,24)(H,25,26). The van der Waals surface area contributed by atoms with Crippen LogP contribution in [-0.2, 0) is 15.0 Å². The summed E-state index contributed by atoms with van der Waals surface area (Å²) in [4.78, 5) is 26.2. The van der Waals surface area contributed by atoms with Crippen LogP contribution in [0.3, 0.4) is 0 Å².